The van der Waals surface area contributed by atoms with Crippen molar-refractivity contribution in [1.29, 1.82) is 0 Å². The zero-order valence-corrected chi connectivity index (χ0v) is 7.82. The molecule has 0 aliphatic carbocycles. The van der Waals surface area contributed by atoms with Crippen LogP contribution in [0.4, 0.5) is 0 Å². The SMILES string of the molecule is NC1CCCCN1.c1ccncc1. The molecule has 0 spiro atoms. The Morgan fingerprint density at radius 2 is 1.92 bits per heavy atom. The number of piperidine rings is 1. The molecule has 1 saturated heterocycles. The summed E-state index contributed by atoms with van der Waals surface area (Å²) in [6.45, 7) is 1.11. The Morgan fingerprint density at radius 1 is 1.15 bits per heavy atom. The molecule has 3 N–H and O–H groups in total. The van der Waals surface area contributed by atoms with Gasteiger partial charge in [0, 0.05) is 12.4 Å². The van der Waals surface area contributed by atoms with E-state index in [4.69, 9.17) is 5.73 Å². The minimum Gasteiger partial charge on any atom is -0.316 e. The highest BCUT2D eigenvalue weighted by molar-refractivity contribution is 4.88. The van der Waals surface area contributed by atoms with Crippen molar-refractivity contribution in [2.75, 3.05) is 6.54 Å². The Bertz CT molecular complexity index is 168. The van der Waals surface area contributed by atoms with Gasteiger partial charge in [-0.1, -0.05) is 6.07 Å². The van der Waals surface area contributed by atoms with Crippen LogP contribution in [0, 0.1) is 0 Å². The smallest absolute Gasteiger partial charge is 0.0546 e. The van der Waals surface area contributed by atoms with Crippen molar-refractivity contribution in [3.63, 3.8) is 0 Å². The van der Waals surface area contributed by atoms with E-state index in [1.807, 2.05) is 18.2 Å². The third-order valence-corrected chi connectivity index (χ3v) is 1.91. The molecular weight excluding hydrogens is 162 g/mol. The van der Waals surface area contributed by atoms with Gasteiger partial charge < -0.3 is 11.1 Å². The van der Waals surface area contributed by atoms with Gasteiger partial charge in [0.1, 0.15) is 0 Å². The van der Waals surface area contributed by atoms with E-state index in [1.165, 1.54) is 12.8 Å². The van der Waals surface area contributed by atoms with Crippen LogP contribution in [0.2, 0.25) is 0 Å². The first kappa shape index (κ1) is 10.2. The average molecular weight is 179 g/mol. The highest BCUT2D eigenvalue weighted by Crippen LogP contribution is 2.00. The Balaban J connectivity index is 0.000000132. The van der Waals surface area contributed by atoms with Crippen LogP contribution in [-0.4, -0.2) is 17.7 Å². The summed E-state index contributed by atoms with van der Waals surface area (Å²) < 4.78 is 0. The second-order valence-corrected chi connectivity index (χ2v) is 3.08. The minimum atomic E-state index is 0.286. The molecule has 1 fully saturated rings. The number of nitrogens with one attached hydrogen (secondary N) is 1. The molecule has 1 aliphatic heterocycles. The van der Waals surface area contributed by atoms with E-state index in [0.717, 1.165) is 13.0 Å². The normalized spacial score (nSPS) is 21.5. The van der Waals surface area contributed by atoms with Crippen LogP contribution < -0.4 is 11.1 Å². The zero-order chi connectivity index (χ0) is 9.36. The maximum absolute atomic E-state index is 5.52. The molecule has 1 unspecified atom stereocenters. The highest BCUT2D eigenvalue weighted by atomic mass is 15.0. The lowest BCUT2D eigenvalue weighted by Crippen LogP contribution is -2.40. The number of aromatic nitrogens is 1. The average Bonchev–Trinajstić information content (AvgIpc) is 2.22. The Hall–Kier alpha value is -0.930. The summed E-state index contributed by atoms with van der Waals surface area (Å²) >= 11 is 0. The van der Waals surface area contributed by atoms with Gasteiger partial charge in [-0.3, -0.25) is 4.98 Å². The van der Waals surface area contributed by atoms with Crippen molar-refractivity contribution < 1.29 is 0 Å². The monoisotopic (exact) mass is 179 g/mol. The zero-order valence-electron chi connectivity index (χ0n) is 7.82. The number of nitrogens with zero attached hydrogens (tertiary/aromatic N) is 1. The second kappa shape index (κ2) is 6.57. The van der Waals surface area contributed by atoms with E-state index in [0.29, 0.717) is 0 Å². The fourth-order valence-corrected chi connectivity index (χ4v) is 1.19. The van der Waals surface area contributed by atoms with Gasteiger partial charge in [-0.05, 0) is 37.9 Å². The first-order valence-electron chi connectivity index (χ1n) is 4.73. The molecule has 1 aromatic heterocycles. The first-order valence-corrected chi connectivity index (χ1v) is 4.73. The predicted molar refractivity (Wildman–Crippen MR) is 54.1 cm³/mol. The summed E-state index contributed by atoms with van der Waals surface area (Å²) in [7, 11) is 0. The Kier molecular flexibility index (Phi) is 5.13. The Labute approximate surface area is 79.4 Å². The molecule has 2 rings (SSSR count). The van der Waals surface area contributed by atoms with Crippen LogP contribution in [0.5, 0.6) is 0 Å². The van der Waals surface area contributed by atoms with Crippen molar-refractivity contribution in [2.45, 2.75) is 25.4 Å². The molecule has 1 atom stereocenters. The molecule has 1 aliphatic rings. The van der Waals surface area contributed by atoms with E-state index in [-0.39, 0.29) is 6.17 Å². The van der Waals surface area contributed by atoms with Gasteiger partial charge in [0.15, 0.2) is 0 Å². The van der Waals surface area contributed by atoms with E-state index in [9.17, 15) is 0 Å². The molecule has 3 heteroatoms. The van der Waals surface area contributed by atoms with Crippen molar-refractivity contribution in [2.24, 2.45) is 5.73 Å². The molecule has 1 aromatic rings. The molecule has 2 heterocycles. The topological polar surface area (TPSA) is 50.9 Å². The van der Waals surface area contributed by atoms with Gasteiger partial charge >= 0.3 is 0 Å². The van der Waals surface area contributed by atoms with Crippen molar-refractivity contribution in [3.05, 3.63) is 30.6 Å². The fraction of sp³-hybridized carbons (Fsp3) is 0.500. The molecule has 3 nitrogen and oxygen atoms in total. The number of nitrogens with two attached hydrogens (primary N) is 1. The lowest BCUT2D eigenvalue weighted by molar-refractivity contribution is 0.411. The largest absolute Gasteiger partial charge is 0.316 e. The molecule has 0 aromatic carbocycles. The maximum atomic E-state index is 5.52. The molecule has 0 amide bonds. The third kappa shape index (κ3) is 5.33. The molecule has 0 saturated carbocycles. The van der Waals surface area contributed by atoms with E-state index < -0.39 is 0 Å². The van der Waals surface area contributed by atoms with Gasteiger partial charge in [0.2, 0.25) is 0 Å². The lowest BCUT2D eigenvalue weighted by Gasteiger charge is -2.18. The lowest BCUT2D eigenvalue weighted by atomic mass is 10.1. The Morgan fingerprint density at radius 3 is 2.15 bits per heavy atom. The van der Waals surface area contributed by atoms with Crippen LogP contribution in [0.3, 0.4) is 0 Å². The van der Waals surface area contributed by atoms with E-state index >= 15 is 0 Å². The molecule has 0 bridgehead atoms. The van der Waals surface area contributed by atoms with E-state index in [2.05, 4.69) is 10.3 Å². The molecular formula is C10H17N3. The summed E-state index contributed by atoms with van der Waals surface area (Å²) in [4.78, 5) is 3.78. The number of rotatable bonds is 0. The molecule has 0 radical (unpaired) electrons. The summed E-state index contributed by atoms with van der Waals surface area (Å²) in [5.74, 6) is 0. The standard InChI is InChI=1S/C5H12N2.C5H5N/c6-5-3-1-2-4-7-5;1-2-4-6-5-3-1/h5,7H,1-4,6H2;1-5H. The quantitative estimate of drug-likeness (QED) is 0.627. The third-order valence-electron chi connectivity index (χ3n) is 1.91. The van der Waals surface area contributed by atoms with Crippen LogP contribution in [0.1, 0.15) is 19.3 Å². The van der Waals surface area contributed by atoms with Crippen molar-refractivity contribution >= 4 is 0 Å². The second-order valence-electron chi connectivity index (χ2n) is 3.08. The maximum Gasteiger partial charge on any atom is 0.0546 e. The fourth-order valence-electron chi connectivity index (χ4n) is 1.19. The van der Waals surface area contributed by atoms with Crippen molar-refractivity contribution in [3.8, 4) is 0 Å². The summed E-state index contributed by atoms with van der Waals surface area (Å²) in [5, 5.41) is 3.16. The molecule has 13 heavy (non-hydrogen) atoms. The number of pyridine rings is 1. The van der Waals surface area contributed by atoms with Crippen LogP contribution in [0.25, 0.3) is 0 Å². The summed E-state index contributed by atoms with van der Waals surface area (Å²) in [6.07, 6.45) is 7.54. The van der Waals surface area contributed by atoms with Crippen LogP contribution in [0.15, 0.2) is 30.6 Å². The molecule has 72 valence electrons. The first-order chi connectivity index (χ1) is 6.39. The number of hydrogen-bond donors (Lipinski definition) is 2. The van der Waals surface area contributed by atoms with Gasteiger partial charge in [-0.15, -0.1) is 0 Å². The highest BCUT2D eigenvalue weighted by Gasteiger charge is 2.04. The summed E-state index contributed by atoms with van der Waals surface area (Å²) in [6, 6.07) is 5.72. The van der Waals surface area contributed by atoms with Crippen LogP contribution >= 0.6 is 0 Å². The minimum absolute atomic E-state index is 0.286. The summed E-state index contributed by atoms with van der Waals surface area (Å²) in [5.41, 5.74) is 5.52. The van der Waals surface area contributed by atoms with Gasteiger partial charge in [-0.25, -0.2) is 0 Å². The van der Waals surface area contributed by atoms with Crippen LogP contribution in [-0.2, 0) is 0 Å². The van der Waals surface area contributed by atoms with Gasteiger partial charge in [-0.2, -0.15) is 0 Å². The number of hydrogen-bond acceptors (Lipinski definition) is 3. The predicted octanol–water partition coefficient (Wildman–Crippen LogP) is 1.13. The van der Waals surface area contributed by atoms with Gasteiger partial charge in [0.25, 0.3) is 0 Å². The van der Waals surface area contributed by atoms with E-state index in [1.54, 1.807) is 12.4 Å². The van der Waals surface area contributed by atoms with Gasteiger partial charge in [0.05, 0.1) is 6.17 Å². The van der Waals surface area contributed by atoms with Crippen molar-refractivity contribution in [1.82, 2.24) is 10.3 Å².